The number of hydrogen-bond acceptors (Lipinski definition) is 6. The molecule has 12 heavy (non-hydrogen) atoms. The first-order valence-electron chi connectivity index (χ1n) is 3.26. The summed E-state index contributed by atoms with van der Waals surface area (Å²) in [5.74, 6) is 0. The van der Waals surface area contributed by atoms with Gasteiger partial charge >= 0.3 is 0 Å². The third-order valence-corrected chi connectivity index (χ3v) is 1.33. The summed E-state index contributed by atoms with van der Waals surface area (Å²) in [6, 6.07) is 3.47. The summed E-state index contributed by atoms with van der Waals surface area (Å²) in [7, 11) is 0. The second kappa shape index (κ2) is 3.57. The second-order valence-corrected chi connectivity index (χ2v) is 2.06. The van der Waals surface area contributed by atoms with Crippen LogP contribution in [-0.2, 0) is 19.8 Å². The number of rotatable bonds is 1. The van der Waals surface area contributed by atoms with Crippen LogP contribution >= 0.6 is 0 Å². The van der Waals surface area contributed by atoms with Crippen molar-refractivity contribution in [3.63, 3.8) is 0 Å². The molecule has 1 aromatic heterocycles. The van der Waals surface area contributed by atoms with Gasteiger partial charge in [-0.2, -0.15) is 4.89 Å². The highest BCUT2D eigenvalue weighted by atomic mass is 17.6. The maximum Gasteiger partial charge on any atom is 0.241 e. The maximum atomic E-state index is 4.82. The normalized spacial score (nSPS) is 23.8. The zero-order chi connectivity index (χ0) is 8.23. The molecule has 1 atom stereocenters. The minimum Gasteiger partial charge on any atom is -0.265 e. The summed E-state index contributed by atoms with van der Waals surface area (Å²) < 4.78 is 0. The van der Waals surface area contributed by atoms with Crippen molar-refractivity contribution in [2.24, 2.45) is 0 Å². The Labute approximate surface area is 67.8 Å². The molecule has 2 rings (SSSR count). The first kappa shape index (κ1) is 7.59. The molecule has 0 aromatic carbocycles. The molecule has 6 nitrogen and oxygen atoms in total. The average molecular weight is 170 g/mol. The van der Waals surface area contributed by atoms with E-state index < -0.39 is 6.29 Å². The Morgan fingerprint density at radius 3 is 2.83 bits per heavy atom. The molecule has 0 spiro atoms. The first-order valence-corrected chi connectivity index (χ1v) is 3.26. The fourth-order valence-electron chi connectivity index (χ4n) is 0.796. The SMILES string of the molecule is c1cc(C2ONOOO2)ccn1. The largest absolute Gasteiger partial charge is 0.265 e. The molecule has 6 heteroatoms. The standard InChI is InChI=1S/C6H6N2O4/c1-3-7-4-2-5(1)6-9-8-11-12-10-6/h1-4,6,8H. The zero-order valence-electron chi connectivity index (χ0n) is 5.97. The molecule has 0 bridgehead atoms. The molecule has 2 heterocycles. The van der Waals surface area contributed by atoms with Gasteiger partial charge in [0, 0.05) is 18.0 Å². The monoisotopic (exact) mass is 170 g/mol. The molecule has 0 aliphatic carbocycles. The molecule has 64 valence electrons. The van der Waals surface area contributed by atoms with Crippen LogP contribution in [0.2, 0.25) is 0 Å². The van der Waals surface area contributed by atoms with Crippen LogP contribution in [0.5, 0.6) is 0 Å². The van der Waals surface area contributed by atoms with Crippen LogP contribution in [0.4, 0.5) is 0 Å². The highest BCUT2D eigenvalue weighted by molar-refractivity contribution is 5.10. The van der Waals surface area contributed by atoms with Crippen LogP contribution in [0.25, 0.3) is 0 Å². The average Bonchev–Trinajstić information content (AvgIpc) is 2.21. The molecule has 1 N–H and O–H groups in total. The Bertz CT molecular complexity index is 237. The highest BCUT2D eigenvalue weighted by Crippen LogP contribution is 2.19. The van der Waals surface area contributed by atoms with E-state index in [-0.39, 0.29) is 0 Å². The predicted molar refractivity (Wildman–Crippen MR) is 34.5 cm³/mol. The molecule has 1 unspecified atom stereocenters. The van der Waals surface area contributed by atoms with Gasteiger partial charge in [-0.25, -0.2) is 4.84 Å². The molecule has 1 aliphatic rings. The summed E-state index contributed by atoms with van der Waals surface area (Å²) in [5.41, 5.74) is 2.84. The van der Waals surface area contributed by atoms with Crippen molar-refractivity contribution >= 4 is 0 Å². The van der Waals surface area contributed by atoms with E-state index in [1.54, 1.807) is 24.5 Å². The van der Waals surface area contributed by atoms with Gasteiger partial charge in [0.2, 0.25) is 6.29 Å². The maximum absolute atomic E-state index is 4.82. The Morgan fingerprint density at radius 1 is 1.33 bits per heavy atom. The van der Waals surface area contributed by atoms with Crippen LogP contribution in [0.15, 0.2) is 24.5 Å². The van der Waals surface area contributed by atoms with E-state index in [0.29, 0.717) is 0 Å². The highest BCUT2D eigenvalue weighted by Gasteiger charge is 2.18. The third kappa shape index (κ3) is 1.58. The molecular formula is C6H6N2O4. The smallest absolute Gasteiger partial charge is 0.241 e. The van der Waals surface area contributed by atoms with Crippen molar-refractivity contribution in [2.75, 3.05) is 0 Å². The topological polar surface area (TPSA) is 61.8 Å². The van der Waals surface area contributed by atoms with Crippen LogP contribution in [-0.4, -0.2) is 4.98 Å². The Kier molecular flexibility index (Phi) is 2.26. The fourth-order valence-corrected chi connectivity index (χ4v) is 0.796. The van der Waals surface area contributed by atoms with Gasteiger partial charge in [0.15, 0.2) is 0 Å². The van der Waals surface area contributed by atoms with Crippen LogP contribution in [0, 0.1) is 0 Å². The lowest BCUT2D eigenvalue weighted by atomic mass is 10.3. The van der Waals surface area contributed by atoms with E-state index in [4.69, 9.17) is 4.84 Å². The summed E-state index contributed by atoms with van der Waals surface area (Å²) in [4.78, 5) is 17.4. The van der Waals surface area contributed by atoms with Crippen molar-refractivity contribution in [3.05, 3.63) is 30.1 Å². The molecule has 0 saturated carbocycles. The van der Waals surface area contributed by atoms with Crippen molar-refractivity contribution in [1.29, 1.82) is 0 Å². The molecule has 1 aromatic rings. The van der Waals surface area contributed by atoms with Crippen LogP contribution in [0.3, 0.4) is 0 Å². The van der Waals surface area contributed by atoms with Gasteiger partial charge in [-0.15, -0.1) is 0 Å². The summed E-state index contributed by atoms with van der Waals surface area (Å²) in [6.07, 6.45) is 2.61. The van der Waals surface area contributed by atoms with E-state index in [0.717, 1.165) is 5.56 Å². The van der Waals surface area contributed by atoms with Gasteiger partial charge < -0.3 is 0 Å². The number of nitrogens with one attached hydrogen (secondary N) is 1. The van der Waals surface area contributed by atoms with Crippen molar-refractivity contribution in [1.82, 2.24) is 10.6 Å². The Hall–Kier alpha value is -1.05. The molecule has 1 saturated heterocycles. The van der Waals surface area contributed by atoms with Gasteiger partial charge in [0.25, 0.3) is 0 Å². The van der Waals surface area contributed by atoms with Crippen molar-refractivity contribution in [3.8, 4) is 0 Å². The Morgan fingerprint density at radius 2 is 2.17 bits per heavy atom. The first-order chi connectivity index (χ1) is 5.97. The van der Waals surface area contributed by atoms with Gasteiger partial charge in [-0.05, 0) is 22.8 Å². The zero-order valence-corrected chi connectivity index (χ0v) is 5.97. The lowest BCUT2D eigenvalue weighted by molar-refractivity contribution is -0.645. The summed E-state index contributed by atoms with van der Waals surface area (Å²) in [5, 5.41) is 4.18. The number of hydrogen-bond donors (Lipinski definition) is 1. The number of pyridine rings is 1. The molecule has 0 radical (unpaired) electrons. The van der Waals surface area contributed by atoms with E-state index in [1.807, 2.05) is 0 Å². The quantitative estimate of drug-likeness (QED) is 0.616. The molecule has 0 amide bonds. The van der Waals surface area contributed by atoms with Gasteiger partial charge in [0.1, 0.15) is 0 Å². The summed E-state index contributed by atoms with van der Waals surface area (Å²) in [6.45, 7) is 0. The van der Waals surface area contributed by atoms with E-state index in [9.17, 15) is 0 Å². The fraction of sp³-hybridized carbons (Fsp3) is 0.167. The minimum atomic E-state index is -0.637. The van der Waals surface area contributed by atoms with E-state index in [1.165, 1.54) is 0 Å². The number of nitrogens with zero attached hydrogens (tertiary/aromatic N) is 1. The van der Waals surface area contributed by atoms with Crippen molar-refractivity contribution < 1.29 is 19.8 Å². The van der Waals surface area contributed by atoms with Crippen LogP contribution in [0.1, 0.15) is 11.9 Å². The lowest BCUT2D eigenvalue weighted by Gasteiger charge is -2.19. The minimum absolute atomic E-state index is 0.637. The van der Waals surface area contributed by atoms with Gasteiger partial charge in [0.05, 0.1) is 0 Å². The lowest BCUT2D eigenvalue weighted by Crippen LogP contribution is -2.27. The third-order valence-electron chi connectivity index (χ3n) is 1.33. The molecule has 1 aliphatic heterocycles. The van der Waals surface area contributed by atoms with Gasteiger partial charge in [-0.1, -0.05) is 4.99 Å². The van der Waals surface area contributed by atoms with Crippen molar-refractivity contribution in [2.45, 2.75) is 6.29 Å². The molecular weight excluding hydrogens is 164 g/mol. The predicted octanol–water partition coefficient (Wildman–Crippen LogP) is 0.410. The summed E-state index contributed by atoms with van der Waals surface area (Å²) >= 11 is 0. The molecule has 1 fully saturated rings. The van der Waals surface area contributed by atoms with E-state index in [2.05, 4.69) is 25.5 Å². The van der Waals surface area contributed by atoms with Gasteiger partial charge in [-0.3, -0.25) is 4.98 Å². The Balaban J connectivity index is 2.08. The van der Waals surface area contributed by atoms with Crippen LogP contribution < -0.4 is 5.64 Å². The number of aromatic nitrogens is 1. The van der Waals surface area contributed by atoms with E-state index >= 15 is 0 Å². The second-order valence-electron chi connectivity index (χ2n) is 2.06.